The number of hydrogen-bond acceptors (Lipinski definition) is 8. The van der Waals surface area contributed by atoms with Crippen LogP contribution in [0.5, 0.6) is 0 Å². The topological polar surface area (TPSA) is 123 Å². The zero-order valence-electron chi connectivity index (χ0n) is 26.1. The van der Waals surface area contributed by atoms with Crippen molar-refractivity contribution in [3.63, 3.8) is 0 Å². The van der Waals surface area contributed by atoms with Crippen LogP contribution in [0, 0.1) is 20.2 Å². The van der Waals surface area contributed by atoms with E-state index in [4.69, 9.17) is 18.9 Å². The van der Waals surface area contributed by atoms with Gasteiger partial charge < -0.3 is 18.9 Å². The Morgan fingerprint density at radius 3 is 0.864 bits per heavy atom. The van der Waals surface area contributed by atoms with Gasteiger partial charge in [0, 0.05) is 35.4 Å². The van der Waals surface area contributed by atoms with Crippen LogP contribution in [0.2, 0.25) is 0 Å². The highest BCUT2D eigenvalue weighted by Gasteiger charge is 2.16. The summed E-state index contributed by atoms with van der Waals surface area (Å²) in [7, 11) is 0. The molecule has 1 heterocycles. The van der Waals surface area contributed by atoms with Crippen molar-refractivity contribution in [3.8, 4) is 0 Å². The zero-order chi connectivity index (χ0) is 31.2. The van der Waals surface area contributed by atoms with Gasteiger partial charge in [-0.15, -0.1) is 0 Å². The molecule has 1 fully saturated rings. The summed E-state index contributed by atoms with van der Waals surface area (Å²) in [6.07, 6.45) is 16.5. The SMILES string of the molecule is O=[N+]([O-])c1ccc(C2OCCCCCCCCCCOC(c3ccc([N+](=O)[O-])cc3)OCCCCCCCCCCO2)cc1. The second kappa shape index (κ2) is 21.7. The molecule has 2 aromatic carbocycles. The second-order valence-corrected chi connectivity index (χ2v) is 11.5. The minimum absolute atomic E-state index is 0.0659. The van der Waals surface area contributed by atoms with Crippen LogP contribution in [0.3, 0.4) is 0 Å². The maximum Gasteiger partial charge on any atom is 0.269 e. The summed E-state index contributed by atoms with van der Waals surface area (Å²) in [5, 5.41) is 22.1. The molecule has 0 radical (unpaired) electrons. The Hall–Kier alpha value is -2.92. The van der Waals surface area contributed by atoms with Gasteiger partial charge in [0.2, 0.25) is 0 Å². The fourth-order valence-corrected chi connectivity index (χ4v) is 5.28. The molecule has 10 nitrogen and oxygen atoms in total. The molecule has 0 bridgehead atoms. The van der Waals surface area contributed by atoms with Crippen molar-refractivity contribution < 1.29 is 28.8 Å². The number of nitro benzene ring substituents is 2. The molecule has 0 atom stereocenters. The maximum absolute atomic E-state index is 11.0. The van der Waals surface area contributed by atoms with E-state index in [1.54, 1.807) is 24.3 Å². The van der Waals surface area contributed by atoms with Crippen molar-refractivity contribution in [2.24, 2.45) is 0 Å². The summed E-state index contributed by atoms with van der Waals surface area (Å²) in [4.78, 5) is 21.3. The van der Waals surface area contributed by atoms with Crippen LogP contribution in [0.15, 0.2) is 48.5 Å². The lowest BCUT2D eigenvalue weighted by molar-refractivity contribution is -0.385. The third-order valence-electron chi connectivity index (χ3n) is 7.91. The molecule has 0 unspecified atom stereocenters. The summed E-state index contributed by atoms with van der Waals surface area (Å²) in [5.74, 6) is 0. The number of nitrogens with zero attached hydrogens (tertiary/aromatic N) is 2. The molecule has 1 aliphatic rings. The highest BCUT2D eigenvalue weighted by molar-refractivity contribution is 5.34. The van der Waals surface area contributed by atoms with Gasteiger partial charge in [-0.2, -0.15) is 0 Å². The van der Waals surface area contributed by atoms with Crippen LogP contribution in [-0.4, -0.2) is 36.3 Å². The molecule has 44 heavy (non-hydrogen) atoms. The van der Waals surface area contributed by atoms with Crippen molar-refractivity contribution in [1.82, 2.24) is 0 Å². The van der Waals surface area contributed by atoms with Crippen LogP contribution in [0.1, 0.15) is 126 Å². The maximum atomic E-state index is 11.0. The molecule has 0 saturated carbocycles. The first-order valence-electron chi connectivity index (χ1n) is 16.5. The predicted octanol–water partition coefficient (Wildman–Crippen LogP) is 9.52. The van der Waals surface area contributed by atoms with Crippen LogP contribution in [0.4, 0.5) is 11.4 Å². The van der Waals surface area contributed by atoms with Crippen LogP contribution >= 0.6 is 0 Å². The first-order valence-corrected chi connectivity index (χ1v) is 16.5. The van der Waals surface area contributed by atoms with E-state index < -0.39 is 22.4 Å². The number of benzene rings is 2. The Labute approximate surface area is 261 Å². The lowest BCUT2D eigenvalue weighted by Gasteiger charge is -2.19. The quantitative estimate of drug-likeness (QED) is 0.246. The number of nitro groups is 2. The normalized spacial score (nSPS) is 22.1. The van der Waals surface area contributed by atoms with Gasteiger partial charge in [-0.3, -0.25) is 20.2 Å². The van der Waals surface area contributed by atoms with E-state index in [1.165, 1.54) is 49.9 Å². The third-order valence-corrected chi connectivity index (χ3v) is 7.91. The monoisotopic (exact) mass is 614 g/mol. The standard InChI is InChI=1S/C34H50N2O8/c37-35(38)31-21-17-29(18-22-31)33-41-25-13-9-5-1-2-6-10-14-26-42-34(30-19-23-32(24-20-30)36(39)40)44-28-16-12-8-4-3-7-11-15-27-43-33/h17-24,33-34H,1-16,25-28H2. The lowest BCUT2D eigenvalue weighted by Crippen LogP contribution is -2.11. The van der Waals surface area contributed by atoms with Gasteiger partial charge in [0.25, 0.3) is 11.4 Å². The zero-order valence-corrected chi connectivity index (χ0v) is 26.1. The Bertz CT molecular complexity index is 950. The summed E-state index contributed by atoms with van der Waals surface area (Å²) in [6.45, 7) is 2.38. The van der Waals surface area contributed by atoms with Crippen molar-refractivity contribution in [1.29, 1.82) is 0 Å². The van der Waals surface area contributed by atoms with E-state index in [0.717, 1.165) is 88.2 Å². The van der Waals surface area contributed by atoms with Gasteiger partial charge in [-0.1, -0.05) is 77.0 Å². The smallest absolute Gasteiger partial charge is 0.269 e. The molecular formula is C34H50N2O8. The highest BCUT2D eigenvalue weighted by Crippen LogP contribution is 2.25. The molecule has 0 aromatic heterocycles. The predicted molar refractivity (Wildman–Crippen MR) is 169 cm³/mol. The molecule has 0 aliphatic carbocycles. The Kier molecular flexibility index (Phi) is 17.6. The Balaban J connectivity index is 1.45. The largest absolute Gasteiger partial charge is 0.348 e. The number of hydrogen-bond donors (Lipinski definition) is 0. The second-order valence-electron chi connectivity index (χ2n) is 11.5. The van der Waals surface area contributed by atoms with Gasteiger partial charge in [-0.25, -0.2) is 0 Å². The van der Waals surface area contributed by atoms with Crippen LogP contribution in [-0.2, 0) is 18.9 Å². The van der Waals surface area contributed by atoms with Gasteiger partial charge in [0.15, 0.2) is 12.6 Å². The van der Waals surface area contributed by atoms with Crippen LogP contribution < -0.4 is 0 Å². The van der Waals surface area contributed by atoms with E-state index >= 15 is 0 Å². The van der Waals surface area contributed by atoms with Gasteiger partial charge in [0.1, 0.15) is 0 Å². The van der Waals surface area contributed by atoms with Crippen molar-refractivity contribution in [2.75, 3.05) is 26.4 Å². The van der Waals surface area contributed by atoms with Crippen molar-refractivity contribution >= 4 is 11.4 Å². The van der Waals surface area contributed by atoms with Crippen LogP contribution in [0.25, 0.3) is 0 Å². The molecular weight excluding hydrogens is 564 g/mol. The van der Waals surface area contributed by atoms with E-state index in [0.29, 0.717) is 26.4 Å². The Morgan fingerprint density at radius 1 is 0.409 bits per heavy atom. The van der Waals surface area contributed by atoms with Crippen molar-refractivity contribution in [2.45, 2.75) is 115 Å². The molecule has 0 N–H and O–H groups in total. The fraction of sp³-hybridized carbons (Fsp3) is 0.647. The first kappa shape index (κ1) is 35.6. The first-order chi connectivity index (χ1) is 21.5. The third kappa shape index (κ3) is 14.2. The average molecular weight is 615 g/mol. The molecule has 3 rings (SSSR count). The van der Waals surface area contributed by atoms with E-state index in [1.807, 2.05) is 0 Å². The van der Waals surface area contributed by atoms with E-state index in [-0.39, 0.29) is 11.4 Å². The molecule has 244 valence electrons. The van der Waals surface area contributed by atoms with Gasteiger partial charge >= 0.3 is 0 Å². The van der Waals surface area contributed by atoms with E-state index in [2.05, 4.69) is 0 Å². The summed E-state index contributed by atoms with van der Waals surface area (Å²) < 4.78 is 24.4. The van der Waals surface area contributed by atoms with Gasteiger partial charge in [-0.05, 0) is 49.9 Å². The summed E-state index contributed by atoms with van der Waals surface area (Å²) in [6, 6.07) is 12.9. The highest BCUT2D eigenvalue weighted by atomic mass is 16.7. The summed E-state index contributed by atoms with van der Waals surface area (Å²) in [5.41, 5.74) is 1.76. The fourth-order valence-electron chi connectivity index (χ4n) is 5.28. The van der Waals surface area contributed by atoms with E-state index in [9.17, 15) is 20.2 Å². The average Bonchev–Trinajstić information content (AvgIpc) is 3.03. The minimum Gasteiger partial charge on any atom is -0.348 e. The lowest BCUT2D eigenvalue weighted by atomic mass is 10.1. The minimum atomic E-state index is -0.501. The molecule has 1 aliphatic heterocycles. The Morgan fingerprint density at radius 2 is 0.636 bits per heavy atom. The van der Waals surface area contributed by atoms with Crippen molar-refractivity contribution in [3.05, 3.63) is 79.9 Å². The molecule has 10 heteroatoms. The molecule has 1 saturated heterocycles. The van der Waals surface area contributed by atoms with Gasteiger partial charge in [0.05, 0.1) is 36.3 Å². The molecule has 0 spiro atoms. The molecule has 2 aromatic rings. The number of rotatable bonds is 4. The number of non-ortho nitro benzene ring substituents is 2. The number of ether oxygens (including phenoxy) is 4. The summed E-state index contributed by atoms with van der Waals surface area (Å²) >= 11 is 0. The molecule has 0 amide bonds.